The van der Waals surface area contributed by atoms with E-state index in [1.54, 1.807) is 24.4 Å². The summed E-state index contributed by atoms with van der Waals surface area (Å²) in [5, 5.41) is 20.8. The van der Waals surface area contributed by atoms with Crippen molar-refractivity contribution >= 4 is 28.4 Å². The number of nitrogens with one attached hydrogen (secondary N) is 3. The first-order valence-corrected chi connectivity index (χ1v) is 13.2. The molecule has 0 radical (unpaired) electrons. The third kappa shape index (κ3) is 4.75. The molecule has 6 rings (SSSR count). The summed E-state index contributed by atoms with van der Waals surface area (Å²) in [6.45, 7) is 6.53. The molecule has 192 valence electrons. The predicted octanol–water partition coefficient (Wildman–Crippen LogP) is 5.16. The van der Waals surface area contributed by atoms with Gasteiger partial charge in [-0.1, -0.05) is 26.3 Å². The Morgan fingerprint density at radius 1 is 1.05 bits per heavy atom. The van der Waals surface area contributed by atoms with Crippen molar-refractivity contribution in [2.75, 3.05) is 23.7 Å². The highest BCUT2D eigenvalue weighted by molar-refractivity contribution is 5.93. The van der Waals surface area contributed by atoms with E-state index in [1.165, 1.54) is 24.8 Å². The summed E-state index contributed by atoms with van der Waals surface area (Å²) in [5.74, 6) is 3.16. The number of nitrogens with zero attached hydrogens (tertiary/aromatic N) is 6. The molecule has 1 saturated carbocycles. The molecular weight excluding hydrogens is 474 g/mol. The van der Waals surface area contributed by atoms with Crippen LogP contribution in [-0.4, -0.2) is 44.1 Å². The molecule has 0 spiro atoms. The maximum absolute atomic E-state index is 9.17. The number of nitriles is 1. The number of aromatic nitrogens is 5. The number of anilines is 3. The van der Waals surface area contributed by atoms with Crippen LogP contribution >= 0.6 is 0 Å². The SMILES string of the molecule is CC1(C)CNCCC1Nc1nc(-c2ccnc(Nc3cccc(C#N)n3)c2)nc2cncc(C3CCC3)c12. The van der Waals surface area contributed by atoms with Crippen LogP contribution in [0.15, 0.2) is 48.9 Å². The van der Waals surface area contributed by atoms with E-state index in [9.17, 15) is 0 Å². The predicted molar refractivity (Wildman–Crippen MR) is 148 cm³/mol. The molecular formula is C29H31N9. The first-order valence-electron chi connectivity index (χ1n) is 13.2. The maximum atomic E-state index is 9.17. The number of hydrogen-bond acceptors (Lipinski definition) is 9. The fourth-order valence-electron chi connectivity index (χ4n) is 5.31. The van der Waals surface area contributed by atoms with Gasteiger partial charge in [0.2, 0.25) is 0 Å². The highest BCUT2D eigenvalue weighted by Gasteiger charge is 2.33. The van der Waals surface area contributed by atoms with Crippen molar-refractivity contribution in [1.29, 1.82) is 5.26 Å². The van der Waals surface area contributed by atoms with Gasteiger partial charge in [0.15, 0.2) is 5.82 Å². The van der Waals surface area contributed by atoms with Gasteiger partial charge in [0, 0.05) is 35.9 Å². The van der Waals surface area contributed by atoms with Crippen molar-refractivity contribution in [1.82, 2.24) is 30.2 Å². The van der Waals surface area contributed by atoms with Crippen LogP contribution < -0.4 is 16.0 Å². The maximum Gasteiger partial charge on any atom is 0.162 e. The molecule has 4 aromatic rings. The molecule has 2 aliphatic rings. The topological polar surface area (TPSA) is 124 Å². The molecule has 1 unspecified atom stereocenters. The lowest BCUT2D eigenvalue weighted by atomic mass is 9.78. The molecule has 1 atom stereocenters. The van der Waals surface area contributed by atoms with Gasteiger partial charge in [0.05, 0.1) is 11.7 Å². The second kappa shape index (κ2) is 9.95. The molecule has 2 fully saturated rings. The molecule has 0 aromatic carbocycles. The third-order valence-electron chi connectivity index (χ3n) is 7.76. The van der Waals surface area contributed by atoms with E-state index >= 15 is 0 Å². The van der Waals surface area contributed by atoms with Crippen LogP contribution in [0.25, 0.3) is 22.3 Å². The van der Waals surface area contributed by atoms with Crippen molar-refractivity contribution < 1.29 is 0 Å². The van der Waals surface area contributed by atoms with Gasteiger partial charge < -0.3 is 16.0 Å². The molecule has 9 heteroatoms. The van der Waals surface area contributed by atoms with Crippen molar-refractivity contribution in [2.45, 2.75) is 51.5 Å². The minimum atomic E-state index is 0.0814. The Balaban J connectivity index is 1.41. The van der Waals surface area contributed by atoms with E-state index in [4.69, 9.17) is 15.2 Å². The molecule has 4 aromatic heterocycles. The third-order valence-corrected chi connectivity index (χ3v) is 7.76. The van der Waals surface area contributed by atoms with Gasteiger partial charge in [0.1, 0.15) is 29.2 Å². The number of rotatable bonds is 6. The number of pyridine rings is 3. The average molecular weight is 506 g/mol. The molecule has 0 bridgehead atoms. The van der Waals surface area contributed by atoms with Gasteiger partial charge in [0.25, 0.3) is 0 Å². The molecule has 3 N–H and O–H groups in total. The van der Waals surface area contributed by atoms with Crippen LogP contribution in [0.4, 0.5) is 17.5 Å². The first kappa shape index (κ1) is 24.2. The van der Waals surface area contributed by atoms with Crippen molar-refractivity contribution in [3.63, 3.8) is 0 Å². The normalized spacial score (nSPS) is 18.9. The number of fused-ring (bicyclic) bond motifs is 1. The second-order valence-corrected chi connectivity index (χ2v) is 10.9. The van der Waals surface area contributed by atoms with Gasteiger partial charge in [-0.3, -0.25) is 4.98 Å². The van der Waals surface area contributed by atoms with E-state index in [-0.39, 0.29) is 11.5 Å². The lowest BCUT2D eigenvalue weighted by molar-refractivity contribution is 0.236. The molecule has 1 aliphatic heterocycles. The second-order valence-electron chi connectivity index (χ2n) is 10.9. The van der Waals surface area contributed by atoms with E-state index in [1.807, 2.05) is 24.5 Å². The van der Waals surface area contributed by atoms with Crippen molar-refractivity contribution in [3.05, 3.63) is 60.2 Å². The van der Waals surface area contributed by atoms with Gasteiger partial charge >= 0.3 is 0 Å². The standard InChI is InChI=1S/C29H31N9/c1-29(2)17-31-11-10-23(29)36-28-26-21(18-5-3-6-18)15-32-16-22(26)35-27(38-28)19-9-12-33-25(13-19)37-24-8-4-7-20(14-30)34-24/h4,7-9,12-13,15-16,18,23,31H,3,5-6,10-11,17H2,1-2H3,(H,33,34,37)(H,35,36,38). The molecule has 9 nitrogen and oxygen atoms in total. The molecule has 38 heavy (non-hydrogen) atoms. The smallest absolute Gasteiger partial charge is 0.162 e. The zero-order valence-electron chi connectivity index (χ0n) is 21.7. The minimum absolute atomic E-state index is 0.0814. The summed E-state index contributed by atoms with van der Waals surface area (Å²) in [6, 6.07) is 11.4. The fraction of sp³-hybridized carbons (Fsp3) is 0.379. The van der Waals surface area contributed by atoms with E-state index in [0.29, 0.717) is 29.1 Å². The van der Waals surface area contributed by atoms with Gasteiger partial charge in [-0.15, -0.1) is 0 Å². The molecule has 5 heterocycles. The Labute approximate surface area is 222 Å². The Hall–Kier alpha value is -4.16. The summed E-state index contributed by atoms with van der Waals surface area (Å²) < 4.78 is 0. The Morgan fingerprint density at radius 3 is 2.74 bits per heavy atom. The van der Waals surface area contributed by atoms with Crippen molar-refractivity contribution in [3.8, 4) is 17.5 Å². The largest absolute Gasteiger partial charge is 0.366 e. The lowest BCUT2D eigenvalue weighted by Gasteiger charge is -2.40. The quantitative estimate of drug-likeness (QED) is 0.326. The lowest BCUT2D eigenvalue weighted by Crippen LogP contribution is -2.49. The highest BCUT2D eigenvalue weighted by Crippen LogP contribution is 2.42. The van der Waals surface area contributed by atoms with E-state index in [2.05, 4.69) is 50.8 Å². The summed E-state index contributed by atoms with van der Waals surface area (Å²) >= 11 is 0. The van der Waals surface area contributed by atoms with E-state index in [0.717, 1.165) is 41.8 Å². The van der Waals surface area contributed by atoms with Gasteiger partial charge in [-0.25, -0.2) is 19.9 Å². The number of piperidine rings is 1. The van der Waals surface area contributed by atoms with Gasteiger partial charge in [-0.2, -0.15) is 5.26 Å². The number of hydrogen-bond donors (Lipinski definition) is 3. The molecule has 1 saturated heterocycles. The van der Waals surface area contributed by atoms with Crippen molar-refractivity contribution in [2.24, 2.45) is 5.41 Å². The Kier molecular flexibility index (Phi) is 6.34. The highest BCUT2D eigenvalue weighted by atomic mass is 15.1. The van der Waals surface area contributed by atoms with Crippen LogP contribution in [0.2, 0.25) is 0 Å². The summed E-state index contributed by atoms with van der Waals surface area (Å²) in [7, 11) is 0. The monoisotopic (exact) mass is 505 g/mol. The van der Waals surface area contributed by atoms with Gasteiger partial charge in [-0.05, 0) is 67.0 Å². The van der Waals surface area contributed by atoms with E-state index < -0.39 is 0 Å². The minimum Gasteiger partial charge on any atom is -0.366 e. The summed E-state index contributed by atoms with van der Waals surface area (Å²) in [5.41, 5.74) is 3.36. The Morgan fingerprint density at radius 2 is 1.95 bits per heavy atom. The van der Waals surface area contributed by atoms with Crippen LogP contribution in [0.5, 0.6) is 0 Å². The zero-order chi connectivity index (χ0) is 26.1. The van der Waals surface area contributed by atoms with Crippen LogP contribution in [0, 0.1) is 16.7 Å². The average Bonchev–Trinajstić information content (AvgIpc) is 2.89. The first-order chi connectivity index (χ1) is 18.5. The Bertz CT molecular complexity index is 1520. The summed E-state index contributed by atoms with van der Waals surface area (Å²) in [6.07, 6.45) is 10.2. The fourth-order valence-corrected chi connectivity index (χ4v) is 5.31. The summed E-state index contributed by atoms with van der Waals surface area (Å²) in [4.78, 5) is 23.4. The van der Waals surface area contributed by atoms with Crippen LogP contribution in [-0.2, 0) is 0 Å². The zero-order valence-corrected chi connectivity index (χ0v) is 21.7. The van der Waals surface area contributed by atoms with Crippen LogP contribution in [0.1, 0.15) is 56.7 Å². The molecule has 1 aliphatic carbocycles. The molecule has 0 amide bonds. The van der Waals surface area contributed by atoms with Crippen LogP contribution in [0.3, 0.4) is 0 Å².